The number of hydrazone groups is 1. The third-order valence-corrected chi connectivity index (χ3v) is 6.32. The largest absolute Gasteiger partial charge is 0.484 e. The summed E-state index contributed by atoms with van der Waals surface area (Å²) in [6.45, 7) is 3.25. The van der Waals surface area contributed by atoms with Crippen molar-refractivity contribution in [3.8, 4) is 5.75 Å². The van der Waals surface area contributed by atoms with Crippen LogP contribution in [0.1, 0.15) is 16.7 Å². The number of hydrogen-bond acceptors (Lipinski definition) is 6. The van der Waals surface area contributed by atoms with Gasteiger partial charge < -0.3 is 10.1 Å². The predicted molar refractivity (Wildman–Crippen MR) is 141 cm³/mol. The van der Waals surface area contributed by atoms with Gasteiger partial charge in [-0.15, -0.1) is 0 Å². The van der Waals surface area contributed by atoms with Gasteiger partial charge in [0.1, 0.15) is 12.3 Å². The Morgan fingerprint density at radius 2 is 1.64 bits per heavy atom. The van der Waals surface area contributed by atoms with Crippen molar-refractivity contribution < 1.29 is 22.7 Å². The van der Waals surface area contributed by atoms with Crippen LogP contribution in [0.2, 0.25) is 0 Å². The van der Waals surface area contributed by atoms with Crippen molar-refractivity contribution >= 4 is 39.4 Å². The summed E-state index contributed by atoms with van der Waals surface area (Å²) in [6, 6.07) is 21.0. The highest BCUT2D eigenvalue weighted by molar-refractivity contribution is 7.92. The standard InChI is InChI=1S/C26H28N4O5S/c1-19-9-12-23(15-20(19)2)30(36(3,33)34)17-25(31)29-27-16-21-10-13-24(14-11-21)35-18-26(32)28-22-7-5-4-6-8-22/h4-16H,17-18H2,1-3H3,(H,28,32)(H,29,31)/b27-16-. The molecule has 10 heteroatoms. The minimum atomic E-state index is -3.68. The van der Waals surface area contributed by atoms with Crippen molar-refractivity contribution in [2.75, 3.05) is 29.0 Å². The zero-order valence-electron chi connectivity index (χ0n) is 20.3. The average molecular weight is 509 g/mol. The predicted octanol–water partition coefficient (Wildman–Crippen LogP) is 3.24. The number of amides is 2. The maximum atomic E-state index is 12.4. The lowest BCUT2D eigenvalue weighted by atomic mass is 10.1. The highest BCUT2D eigenvalue weighted by atomic mass is 32.2. The number of carbonyl (C=O) groups is 2. The fraction of sp³-hybridized carbons (Fsp3) is 0.192. The van der Waals surface area contributed by atoms with E-state index < -0.39 is 22.5 Å². The Morgan fingerprint density at radius 3 is 2.28 bits per heavy atom. The molecule has 0 aromatic heterocycles. The summed E-state index contributed by atoms with van der Waals surface area (Å²) in [5, 5.41) is 6.64. The molecule has 0 spiro atoms. The van der Waals surface area contributed by atoms with Gasteiger partial charge in [-0.25, -0.2) is 13.8 Å². The Balaban J connectivity index is 1.51. The van der Waals surface area contributed by atoms with E-state index in [1.807, 2.05) is 38.1 Å². The fourth-order valence-corrected chi connectivity index (χ4v) is 3.99. The Morgan fingerprint density at radius 1 is 0.944 bits per heavy atom. The zero-order chi connectivity index (χ0) is 26.1. The lowest BCUT2D eigenvalue weighted by Crippen LogP contribution is -2.39. The summed E-state index contributed by atoms with van der Waals surface area (Å²) in [4.78, 5) is 24.3. The van der Waals surface area contributed by atoms with Gasteiger partial charge in [0.25, 0.3) is 11.8 Å². The van der Waals surface area contributed by atoms with Crippen molar-refractivity contribution in [2.45, 2.75) is 13.8 Å². The first-order valence-corrected chi connectivity index (χ1v) is 12.9. The maximum Gasteiger partial charge on any atom is 0.262 e. The van der Waals surface area contributed by atoms with E-state index in [1.54, 1.807) is 48.5 Å². The van der Waals surface area contributed by atoms with Crippen LogP contribution in [0.4, 0.5) is 11.4 Å². The second-order valence-corrected chi connectivity index (χ2v) is 10.0. The molecule has 2 N–H and O–H groups in total. The van der Waals surface area contributed by atoms with Gasteiger partial charge in [-0.3, -0.25) is 13.9 Å². The molecule has 0 atom stereocenters. The molecule has 0 fully saturated rings. The number of aryl methyl sites for hydroxylation is 2. The van der Waals surface area contributed by atoms with Crippen molar-refractivity contribution in [1.29, 1.82) is 0 Å². The van der Waals surface area contributed by atoms with Crippen LogP contribution in [0.5, 0.6) is 5.75 Å². The van der Waals surface area contributed by atoms with E-state index in [-0.39, 0.29) is 12.5 Å². The monoisotopic (exact) mass is 508 g/mol. The molecular weight excluding hydrogens is 480 g/mol. The molecule has 0 aliphatic carbocycles. The van der Waals surface area contributed by atoms with Crippen LogP contribution in [0.15, 0.2) is 77.9 Å². The highest BCUT2D eigenvalue weighted by Gasteiger charge is 2.21. The minimum Gasteiger partial charge on any atom is -0.484 e. The second kappa shape index (κ2) is 12.0. The SMILES string of the molecule is Cc1ccc(N(CC(=O)N/N=C\c2ccc(OCC(=O)Nc3ccccc3)cc2)S(C)(=O)=O)cc1C. The van der Waals surface area contributed by atoms with Crippen LogP contribution >= 0.6 is 0 Å². The molecule has 188 valence electrons. The van der Waals surface area contributed by atoms with Crippen molar-refractivity contribution in [3.05, 3.63) is 89.5 Å². The number of rotatable bonds is 10. The Hall–Kier alpha value is -4.18. The molecule has 3 rings (SSSR count). The summed E-state index contributed by atoms with van der Waals surface area (Å²) in [5.41, 5.74) is 6.06. The summed E-state index contributed by atoms with van der Waals surface area (Å²) in [5.74, 6) is -0.366. The van der Waals surface area contributed by atoms with Gasteiger partial charge in [-0.05, 0) is 79.1 Å². The van der Waals surface area contributed by atoms with Gasteiger partial charge in [0.05, 0.1) is 18.2 Å². The van der Waals surface area contributed by atoms with E-state index in [0.717, 1.165) is 21.7 Å². The van der Waals surface area contributed by atoms with E-state index in [4.69, 9.17) is 4.74 Å². The zero-order valence-corrected chi connectivity index (χ0v) is 21.1. The van der Waals surface area contributed by atoms with Crippen LogP contribution in [-0.4, -0.2) is 45.9 Å². The Bertz CT molecular complexity index is 1340. The van der Waals surface area contributed by atoms with Crippen LogP contribution < -0.4 is 19.8 Å². The number of benzene rings is 3. The number of anilines is 2. The highest BCUT2D eigenvalue weighted by Crippen LogP contribution is 2.21. The number of nitrogens with one attached hydrogen (secondary N) is 2. The third kappa shape index (κ3) is 7.95. The summed E-state index contributed by atoms with van der Waals surface area (Å²) < 4.78 is 31.0. The van der Waals surface area contributed by atoms with Crippen molar-refractivity contribution in [3.63, 3.8) is 0 Å². The molecule has 0 radical (unpaired) electrons. The molecule has 9 nitrogen and oxygen atoms in total. The van der Waals surface area contributed by atoms with Crippen LogP contribution in [0.3, 0.4) is 0 Å². The lowest BCUT2D eigenvalue weighted by molar-refractivity contribution is -0.119. The Labute approximate surface area is 210 Å². The molecule has 0 saturated carbocycles. The molecule has 0 saturated heterocycles. The lowest BCUT2D eigenvalue weighted by Gasteiger charge is -2.22. The quantitative estimate of drug-likeness (QED) is 0.322. The molecule has 0 heterocycles. The number of carbonyl (C=O) groups excluding carboxylic acids is 2. The van der Waals surface area contributed by atoms with Gasteiger partial charge in [-0.1, -0.05) is 24.3 Å². The average Bonchev–Trinajstić information content (AvgIpc) is 2.84. The second-order valence-electron chi connectivity index (χ2n) is 8.10. The Kier molecular flexibility index (Phi) is 8.80. The first kappa shape index (κ1) is 26.4. The van der Waals surface area contributed by atoms with Gasteiger partial charge in [-0.2, -0.15) is 5.10 Å². The number of hydrogen-bond donors (Lipinski definition) is 2. The number of nitrogens with zero attached hydrogens (tertiary/aromatic N) is 2. The molecule has 0 unspecified atom stereocenters. The topological polar surface area (TPSA) is 117 Å². The molecule has 3 aromatic rings. The molecule has 0 bridgehead atoms. The van der Waals surface area contributed by atoms with E-state index in [1.165, 1.54) is 6.21 Å². The molecule has 36 heavy (non-hydrogen) atoms. The van der Waals surface area contributed by atoms with Crippen molar-refractivity contribution in [1.82, 2.24) is 5.43 Å². The molecular formula is C26H28N4O5S. The van der Waals surface area contributed by atoms with Crippen LogP contribution in [0.25, 0.3) is 0 Å². The minimum absolute atomic E-state index is 0.143. The van der Waals surface area contributed by atoms with Gasteiger partial charge in [0.15, 0.2) is 6.61 Å². The van der Waals surface area contributed by atoms with Crippen LogP contribution in [0, 0.1) is 13.8 Å². The third-order valence-electron chi connectivity index (χ3n) is 5.18. The maximum absolute atomic E-state index is 12.4. The fourth-order valence-electron chi connectivity index (χ4n) is 3.14. The summed E-state index contributed by atoms with van der Waals surface area (Å²) in [6.07, 6.45) is 2.47. The molecule has 0 aliphatic heterocycles. The van der Waals surface area contributed by atoms with Crippen LogP contribution in [-0.2, 0) is 19.6 Å². The first-order chi connectivity index (χ1) is 17.1. The van der Waals surface area contributed by atoms with E-state index >= 15 is 0 Å². The van der Waals surface area contributed by atoms with Crippen molar-refractivity contribution in [2.24, 2.45) is 5.10 Å². The van der Waals surface area contributed by atoms with Gasteiger partial charge >= 0.3 is 0 Å². The number of sulfonamides is 1. The number of ether oxygens (including phenoxy) is 1. The van der Waals surface area contributed by atoms with Gasteiger partial charge in [0.2, 0.25) is 10.0 Å². The normalized spacial score (nSPS) is 11.2. The summed E-state index contributed by atoms with van der Waals surface area (Å²) >= 11 is 0. The first-order valence-electron chi connectivity index (χ1n) is 11.1. The molecule has 0 aliphatic rings. The smallest absolute Gasteiger partial charge is 0.262 e. The number of para-hydroxylation sites is 1. The molecule has 2 amide bonds. The van der Waals surface area contributed by atoms with E-state index in [0.29, 0.717) is 22.7 Å². The van der Waals surface area contributed by atoms with E-state index in [2.05, 4.69) is 15.8 Å². The summed E-state index contributed by atoms with van der Waals surface area (Å²) in [7, 11) is -3.68. The van der Waals surface area contributed by atoms with Gasteiger partial charge in [0, 0.05) is 5.69 Å². The van der Waals surface area contributed by atoms with E-state index in [9.17, 15) is 18.0 Å². The molecule has 3 aromatic carbocycles.